The Morgan fingerprint density at radius 3 is 2.83 bits per heavy atom. The maximum Gasteiger partial charge on any atom is 0.252 e. The molecule has 0 fully saturated rings. The van der Waals surface area contributed by atoms with Crippen molar-refractivity contribution < 1.29 is 9.21 Å². The van der Waals surface area contributed by atoms with E-state index in [-0.39, 0.29) is 11.9 Å². The molecule has 3 rings (SSSR count). The summed E-state index contributed by atoms with van der Waals surface area (Å²) in [6.07, 6.45) is 4.79. The first-order valence-corrected chi connectivity index (χ1v) is 8.29. The number of rotatable bonds is 5. The first-order chi connectivity index (χ1) is 11.5. The monoisotopic (exact) mass is 388 g/mol. The largest absolute Gasteiger partial charge is 0.467 e. The maximum atomic E-state index is 12.4. The van der Waals surface area contributed by atoms with Crippen LogP contribution in [0.1, 0.15) is 33.5 Å². The van der Waals surface area contributed by atoms with Gasteiger partial charge < -0.3 is 9.73 Å². The van der Waals surface area contributed by atoms with Gasteiger partial charge in [-0.1, -0.05) is 0 Å². The van der Waals surface area contributed by atoms with Gasteiger partial charge in [0.1, 0.15) is 11.8 Å². The number of carbonyl (C=O) groups excluding carboxylic acids is 1. The van der Waals surface area contributed by atoms with Gasteiger partial charge in [-0.2, -0.15) is 5.10 Å². The summed E-state index contributed by atoms with van der Waals surface area (Å²) in [5, 5.41) is 7.45. The molecule has 0 spiro atoms. The highest BCUT2D eigenvalue weighted by molar-refractivity contribution is 9.10. The van der Waals surface area contributed by atoms with Crippen LogP contribution in [0.3, 0.4) is 0 Å². The molecule has 1 atom stereocenters. The molecule has 0 radical (unpaired) electrons. The number of hydrogen-bond acceptors (Lipinski definition) is 4. The first-order valence-electron chi connectivity index (χ1n) is 7.49. The topological polar surface area (TPSA) is 73.0 Å². The van der Waals surface area contributed by atoms with Crippen LogP contribution in [0.4, 0.5) is 0 Å². The molecule has 0 bridgehead atoms. The van der Waals surface area contributed by atoms with Gasteiger partial charge in [-0.3, -0.25) is 14.5 Å². The number of pyridine rings is 1. The zero-order chi connectivity index (χ0) is 17.1. The summed E-state index contributed by atoms with van der Waals surface area (Å²) in [7, 11) is 0. The molecule has 3 aromatic heterocycles. The van der Waals surface area contributed by atoms with Crippen molar-refractivity contribution in [3.63, 3.8) is 0 Å². The molecule has 0 saturated heterocycles. The molecule has 0 aliphatic rings. The number of aryl methyl sites for hydroxylation is 2. The number of hydrogen-bond donors (Lipinski definition) is 1. The van der Waals surface area contributed by atoms with E-state index in [4.69, 9.17) is 4.42 Å². The van der Waals surface area contributed by atoms with Gasteiger partial charge in [0.05, 0.1) is 17.5 Å². The van der Waals surface area contributed by atoms with Crippen LogP contribution in [0.5, 0.6) is 0 Å². The third kappa shape index (κ3) is 3.56. The lowest BCUT2D eigenvalue weighted by Crippen LogP contribution is -2.32. The van der Waals surface area contributed by atoms with Crippen LogP contribution >= 0.6 is 15.9 Å². The highest BCUT2D eigenvalue weighted by Crippen LogP contribution is 2.20. The molecular formula is C17H17BrN4O2. The van der Waals surface area contributed by atoms with Gasteiger partial charge in [-0.05, 0) is 54.0 Å². The zero-order valence-corrected chi connectivity index (χ0v) is 14.9. The number of furan rings is 1. The molecule has 0 saturated carbocycles. The summed E-state index contributed by atoms with van der Waals surface area (Å²) in [6.45, 7) is 4.28. The molecule has 0 aliphatic heterocycles. The Labute approximate surface area is 148 Å². The van der Waals surface area contributed by atoms with E-state index in [0.717, 1.165) is 21.6 Å². The van der Waals surface area contributed by atoms with Crippen molar-refractivity contribution in [1.29, 1.82) is 0 Å². The number of amides is 1. The SMILES string of the molecule is Cc1cc(C)n([C@@H](CNC(=O)c2cncc(Br)c2)c2ccco2)n1. The van der Waals surface area contributed by atoms with Gasteiger partial charge in [0.25, 0.3) is 5.91 Å². The normalized spacial score (nSPS) is 12.1. The number of aromatic nitrogens is 3. The molecule has 0 aromatic carbocycles. The Morgan fingerprint density at radius 1 is 1.38 bits per heavy atom. The van der Waals surface area contributed by atoms with Crippen molar-refractivity contribution in [1.82, 2.24) is 20.1 Å². The van der Waals surface area contributed by atoms with Crippen LogP contribution in [-0.2, 0) is 0 Å². The van der Waals surface area contributed by atoms with Crippen molar-refractivity contribution in [2.45, 2.75) is 19.9 Å². The molecule has 6 nitrogen and oxygen atoms in total. The maximum absolute atomic E-state index is 12.4. The third-order valence-corrected chi connectivity index (χ3v) is 4.07. The molecule has 7 heteroatoms. The van der Waals surface area contributed by atoms with Crippen molar-refractivity contribution >= 4 is 21.8 Å². The zero-order valence-electron chi connectivity index (χ0n) is 13.4. The second kappa shape index (κ2) is 7.00. The summed E-state index contributed by atoms with van der Waals surface area (Å²) >= 11 is 3.32. The van der Waals surface area contributed by atoms with Crippen LogP contribution in [0.15, 0.2) is 51.8 Å². The molecule has 3 heterocycles. The van der Waals surface area contributed by atoms with Crippen LogP contribution < -0.4 is 5.32 Å². The van der Waals surface area contributed by atoms with E-state index in [1.807, 2.05) is 36.7 Å². The standard InChI is InChI=1S/C17H17BrN4O2/c1-11-6-12(2)22(21-11)15(16-4-3-5-24-16)10-20-17(23)13-7-14(18)9-19-8-13/h3-9,15H,10H2,1-2H3,(H,20,23)/t15-/m0/s1. The third-order valence-electron chi connectivity index (χ3n) is 3.63. The summed E-state index contributed by atoms with van der Waals surface area (Å²) in [6, 6.07) is 7.23. The van der Waals surface area contributed by atoms with Gasteiger partial charge in [0.2, 0.25) is 0 Å². The molecule has 3 aromatic rings. The lowest BCUT2D eigenvalue weighted by Gasteiger charge is -2.18. The highest BCUT2D eigenvalue weighted by atomic mass is 79.9. The van der Waals surface area contributed by atoms with Gasteiger partial charge in [0.15, 0.2) is 0 Å². The molecule has 24 heavy (non-hydrogen) atoms. The Balaban J connectivity index is 1.80. The quantitative estimate of drug-likeness (QED) is 0.727. The van der Waals surface area contributed by atoms with Crippen molar-refractivity contribution in [2.24, 2.45) is 0 Å². The highest BCUT2D eigenvalue weighted by Gasteiger charge is 2.21. The summed E-state index contributed by atoms with van der Waals surface area (Å²) in [4.78, 5) is 16.4. The fourth-order valence-corrected chi connectivity index (χ4v) is 2.94. The minimum absolute atomic E-state index is 0.193. The van der Waals surface area contributed by atoms with Crippen LogP contribution in [0, 0.1) is 13.8 Å². The van der Waals surface area contributed by atoms with Crippen LogP contribution in [-0.4, -0.2) is 27.2 Å². The second-order valence-electron chi connectivity index (χ2n) is 5.50. The fraction of sp³-hybridized carbons (Fsp3) is 0.235. The lowest BCUT2D eigenvalue weighted by molar-refractivity contribution is 0.0947. The smallest absolute Gasteiger partial charge is 0.252 e. The minimum Gasteiger partial charge on any atom is -0.467 e. The predicted octanol–water partition coefficient (Wildman–Crippen LogP) is 3.27. The van der Waals surface area contributed by atoms with E-state index in [1.165, 1.54) is 6.20 Å². The molecule has 1 N–H and O–H groups in total. The number of nitrogens with zero attached hydrogens (tertiary/aromatic N) is 3. The van der Waals surface area contributed by atoms with Gasteiger partial charge in [-0.15, -0.1) is 0 Å². The molecule has 0 aliphatic carbocycles. The van der Waals surface area contributed by atoms with Gasteiger partial charge >= 0.3 is 0 Å². The van der Waals surface area contributed by atoms with Crippen LogP contribution in [0.25, 0.3) is 0 Å². The van der Waals surface area contributed by atoms with Crippen molar-refractivity contribution in [3.8, 4) is 0 Å². The Hall–Kier alpha value is -2.41. The van der Waals surface area contributed by atoms with Crippen molar-refractivity contribution in [2.75, 3.05) is 6.54 Å². The molecule has 0 unspecified atom stereocenters. The molecule has 124 valence electrons. The van der Waals surface area contributed by atoms with E-state index in [2.05, 4.69) is 31.3 Å². The Kier molecular flexibility index (Phi) is 4.80. The summed E-state index contributed by atoms with van der Waals surface area (Å²) < 4.78 is 8.17. The Bertz CT molecular complexity index is 842. The lowest BCUT2D eigenvalue weighted by atomic mass is 10.2. The van der Waals surface area contributed by atoms with E-state index in [0.29, 0.717) is 12.1 Å². The molecular weight excluding hydrogens is 372 g/mol. The number of nitrogens with one attached hydrogen (secondary N) is 1. The van der Waals surface area contributed by atoms with Crippen LogP contribution in [0.2, 0.25) is 0 Å². The molecule has 1 amide bonds. The van der Waals surface area contributed by atoms with E-state index >= 15 is 0 Å². The fourth-order valence-electron chi connectivity index (χ4n) is 2.58. The van der Waals surface area contributed by atoms with Gasteiger partial charge in [-0.25, -0.2) is 0 Å². The van der Waals surface area contributed by atoms with E-state index in [9.17, 15) is 4.79 Å². The van der Waals surface area contributed by atoms with Gasteiger partial charge in [0, 0.05) is 29.1 Å². The average Bonchev–Trinajstić information content (AvgIpc) is 3.18. The number of carbonyl (C=O) groups is 1. The average molecular weight is 389 g/mol. The predicted molar refractivity (Wildman–Crippen MR) is 92.8 cm³/mol. The second-order valence-corrected chi connectivity index (χ2v) is 6.42. The van der Waals surface area contributed by atoms with Crippen molar-refractivity contribution in [3.05, 3.63) is 70.1 Å². The first kappa shape index (κ1) is 16.4. The summed E-state index contributed by atoms with van der Waals surface area (Å²) in [5.41, 5.74) is 2.43. The summed E-state index contributed by atoms with van der Waals surface area (Å²) in [5.74, 6) is 0.552. The minimum atomic E-state index is -0.210. The Morgan fingerprint density at radius 2 is 2.21 bits per heavy atom. The van der Waals surface area contributed by atoms with E-state index < -0.39 is 0 Å². The van der Waals surface area contributed by atoms with E-state index in [1.54, 1.807) is 18.5 Å². The number of halogens is 1.